The van der Waals surface area contributed by atoms with Crippen LogP contribution in [0.25, 0.3) is 0 Å². The zero-order valence-corrected chi connectivity index (χ0v) is 10.7. The van der Waals surface area contributed by atoms with Crippen molar-refractivity contribution in [3.8, 4) is 5.75 Å². The van der Waals surface area contributed by atoms with Gasteiger partial charge < -0.3 is 10.1 Å². The number of rotatable bonds is 5. The molecule has 1 aliphatic rings. The van der Waals surface area contributed by atoms with Gasteiger partial charge in [0.25, 0.3) is 0 Å². The Hall–Kier alpha value is -1.02. The van der Waals surface area contributed by atoms with E-state index in [1.54, 1.807) is 0 Å². The minimum Gasteiger partial charge on any atom is -0.492 e. The largest absolute Gasteiger partial charge is 0.492 e. The Balaban J connectivity index is 1.60. The molecule has 1 saturated carbocycles. The highest BCUT2D eigenvalue weighted by molar-refractivity contribution is 5.20. The Kier molecular flexibility index (Phi) is 4.87. The third-order valence-electron chi connectivity index (χ3n) is 3.48. The number of hydrogen-bond acceptors (Lipinski definition) is 2. The number of benzene rings is 1. The molecule has 0 heterocycles. The Morgan fingerprint density at radius 2 is 2.06 bits per heavy atom. The average molecular weight is 233 g/mol. The summed E-state index contributed by atoms with van der Waals surface area (Å²) in [6, 6.07) is 10.7. The Morgan fingerprint density at radius 3 is 2.82 bits per heavy atom. The molecule has 0 radical (unpaired) electrons. The number of para-hydroxylation sites is 1. The van der Waals surface area contributed by atoms with E-state index in [1.807, 2.05) is 30.3 Å². The van der Waals surface area contributed by atoms with E-state index in [9.17, 15) is 0 Å². The topological polar surface area (TPSA) is 21.3 Å². The first-order valence-corrected chi connectivity index (χ1v) is 6.76. The molecule has 1 aromatic rings. The van der Waals surface area contributed by atoms with E-state index in [0.29, 0.717) is 6.04 Å². The summed E-state index contributed by atoms with van der Waals surface area (Å²) in [7, 11) is 0. The van der Waals surface area contributed by atoms with E-state index in [0.717, 1.165) is 24.8 Å². The van der Waals surface area contributed by atoms with Crippen LogP contribution in [0.1, 0.15) is 32.6 Å². The first kappa shape index (κ1) is 12.4. The maximum absolute atomic E-state index is 5.66. The van der Waals surface area contributed by atoms with Crippen molar-refractivity contribution in [2.24, 2.45) is 5.92 Å². The lowest BCUT2D eigenvalue weighted by molar-refractivity contribution is 0.266. The van der Waals surface area contributed by atoms with Crippen molar-refractivity contribution in [1.82, 2.24) is 5.32 Å². The summed E-state index contributed by atoms with van der Waals surface area (Å²) in [4.78, 5) is 0. The highest BCUT2D eigenvalue weighted by Gasteiger charge is 2.17. The van der Waals surface area contributed by atoms with Gasteiger partial charge in [-0.05, 0) is 30.9 Å². The molecule has 2 atom stereocenters. The van der Waals surface area contributed by atoms with Crippen LogP contribution in [0.2, 0.25) is 0 Å². The van der Waals surface area contributed by atoms with Crippen molar-refractivity contribution >= 4 is 0 Å². The SMILES string of the molecule is CC1CCCC(NCCOc2ccccc2)C1. The van der Waals surface area contributed by atoms with Crippen LogP contribution in [0.3, 0.4) is 0 Å². The molecule has 1 N–H and O–H groups in total. The lowest BCUT2D eigenvalue weighted by atomic mass is 9.87. The molecule has 0 spiro atoms. The van der Waals surface area contributed by atoms with Crippen molar-refractivity contribution in [1.29, 1.82) is 0 Å². The molecule has 2 nitrogen and oxygen atoms in total. The Bertz CT molecular complexity index is 312. The predicted octanol–water partition coefficient (Wildman–Crippen LogP) is 3.23. The minimum atomic E-state index is 0.707. The molecule has 1 aromatic carbocycles. The van der Waals surface area contributed by atoms with Crippen LogP contribution in [-0.4, -0.2) is 19.2 Å². The summed E-state index contributed by atoms with van der Waals surface area (Å²) in [6.45, 7) is 4.06. The molecule has 2 heteroatoms. The number of ether oxygens (including phenoxy) is 1. The Labute approximate surface area is 104 Å². The number of hydrogen-bond donors (Lipinski definition) is 1. The zero-order valence-electron chi connectivity index (χ0n) is 10.7. The first-order valence-electron chi connectivity index (χ1n) is 6.76. The van der Waals surface area contributed by atoms with Crippen molar-refractivity contribution in [2.45, 2.75) is 38.6 Å². The summed E-state index contributed by atoms with van der Waals surface area (Å²) in [5.41, 5.74) is 0. The van der Waals surface area contributed by atoms with Crippen LogP contribution in [0.4, 0.5) is 0 Å². The van der Waals surface area contributed by atoms with Gasteiger partial charge in [-0.15, -0.1) is 0 Å². The average Bonchev–Trinajstić information content (AvgIpc) is 2.36. The fourth-order valence-corrected chi connectivity index (χ4v) is 2.57. The maximum atomic E-state index is 5.66. The predicted molar refractivity (Wildman–Crippen MR) is 71.4 cm³/mol. The molecule has 94 valence electrons. The molecule has 1 fully saturated rings. The molecular weight excluding hydrogens is 210 g/mol. The summed E-state index contributed by atoms with van der Waals surface area (Å²) in [6.07, 6.45) is 5.43. The van der Waals surface area contributed by atoms with Gasteiger partial charge in [0.1, 0.15) is 12.4 Å². The van der Waals surface area contributed by atoms with Gasteiger partial charge >= 0.3 is 0 Å². The van der Waals surface area contributed by atoms with Crippen molar-refractivity contribution in [3.05, 3.63) is 30.3 Å². The van der Waals surface area contributed by atoms with E-state index in [1.165, 1.54) is 25.7 Å². The summed E-state index contributed by atoms with van der Waals surface area (Å²) < 4.78 is 5.66. The van der Waals surface area contributed by atoms with Gasteiger partial charge in [0.05, 0.1) is 0 Å². The fourth-order valence-electron chi connectivity index (χ4n) is 2.57. The summed E-state index contributed by atoms with van der Waals surface area (Å²) in [5.74, 6) is 1.85. The highest BCUT2D eigenvalue weighted by Crippen LogP contribution is 2.23. The minimum absolute atomic E-state index is 0.707. The second-order valence-electron chi connectivity index (χ2n) is 5.08. The van der Waals surface area contributed by atoms with Gasteiger partial charge in [0, 0.05) is 12.6 Å². The third-order valence-corrected chi connectivity index (χ3v) is 3.48. The normalized spacial score (nSPS) is 24.5. The summed E-state index contributed by atoms with van der Waals surface area (Å²) >= 11 is 0. The van der Waals surface area contributed by atoms with E-state index < -0.39 is 0 Å². The lowest BCUT2D eigenvalue weighted by Crippen LogP contribution is -2.36. The molecule has 0 aromatic heterocycles. The van der Waals surface area contributed by atoms with Crippen molar-refractivity contribution in [2.75, 3.05) is 13.2 Å². The summed E-state index contributed by atoms with van der Waals surface area (Å²) in [5, 5.41) is 3.60. The number of nitrogens with one attached hydrogen (secondary N) is 1. The molecule has 2 unspecified atom stereocenters. The Morgan fingerprint density at radius 1 is 1.24 bits per heavy atom. The van der Waals surface area contributed by atoms with Gasteiger partial charge in [-0.3, -0.25) is 0 Å². The molecule has 1 aliphatic carbocycles. The quantitative estimate of drug-likeness (QED) is 0.788. The van der Waals surface area contributed by atoms with E-state index in [-0.39, 0.29) is 0 Å². The van der Waals surface area contributed by atoms with Crippen molar-refractivity contribution < 1.29 is 4.74 Å². The van der Waals surface area contributed by atoms with E-state index in [4.69, 9.17) is 4.74 Å². The van der Waals surface area contributed by atoms with Gasteiger partial charge in [-0.25, -0.2) is 0 Å². The third kappa shape index (κ3) is 4.39. The maximum Gasteiger partial charge on any atom is 0.119 e. The van der Waals surface area contributed by atoms with Gasteiger partial charge in [0.2, 0.25) is 0 Å². The molecule has 0 saturated heterocycles. The second kappa shape index (κ2) is 6.65. The van der Waals surface area contributed by atoms with E-state index >= 15 is 0 Å². The van der Waals surface area contributed by atoms with E-state index in [2.05, 4.69) is 12.2 Å². The molecule has 0 bridgehead atoms. The van der Waals surface area contributed by atoms with Crippen LogP contribution < -0.4 is 10.1 Å². The van der Waals surface area contributed by atoms with Crippen LogP contribution in [0, 0.1) is 5.92 Å². The zero-order chi connectivity index (χ0) is 11.9. The van der Waals surface area contributed by atoms with Gasteiger partial charge in [0.15, 0.2) is 0 Å². The molecule has 2 rings (SSSR count). The first-order chi connectivity index (χ1) is 8.34. The lowest BCUT2D eigenvalue weighted by Gasteiger charge is -2.27. The van der Waals surface area contributed by atoms with Crippen LogP contribution in [-0.2, 0) is 0 Å². The molecule has 17 heavy (non-hydrogen) atoms. The standard InChI is InChI=1S/C15H23NO/c1-13-6-5-7-14(12-13)16-10-11-17-15-8-3-2-4-9-15/h2-4,8-9,13-14,16H,5-7,10-12H2,1H3. The molecule has 0 amide bonds. The smallest absolute Gasteiger partial charge is 0.119 e. The van der Waals surface area contributed by atoms with Crippen molar-refractivity contribution in [3.63, 3.8) is 0 Å². The molecule has 0 aliphatic heterocycles. The van der Waals surface area contributed by atoms with Crippen LogP contribution in [0.15, 0.2) is 30.3 Å². The van der Waals surface area contributed by atoms with Crippen LogP contribution in [0.5, 0.6) is 5.75 Å². The molecular formula is C15H23NO. The fraction of sp³-hybridized carbons (Fsp3) is 0.600. The van der Waals surface area contributed by atoms with Gasteiger partial charge in [-0.2, -0.15) is 0 Å². The monoisotopic (exact) mass is 233 g/mol. The second-order valence-corrected chi connectivity index (χ2v) is 5.08. The van der Waals surface area contributed by atoms with Crippen LogP contribution >= 0.6 is 0 Å². The highest BCUT2D eigenvalue weighted by atomic mass is 16.5. The van der Waals surface area contributed by atoms with Gasteiger partial charge in [-0.1, -0.05) is 38.0 Å².